The summed E-state index contributed by atoms with van der Waals surface area (Å²) in [5.41, 5.74) is 2.25. The topological polar surface area (TPSA) is 64.0 Å². The number of aromatic nitrogens is 2. The summed E-state index contributed by atoms with van der Waals surface area (Å²) < 4.78 is 2.17. The van der Waals surface area contributed by atoms with Crippen molar-refractivity contribution in [3.63, 3.8) is 0 Å². The van der Waals surface area contributed by atoms with Gasteiger partial charge in [0.15, 0.2) is 0 Å². The lowest BCUT2D eigenvalue weighted by molar-refractivity contribution is -0.117. The fraction of sp³-hybridized carbons (Fsp3) is 0.167. The van der Waals surface area contributed by atoms with Crippen molar-refractivity contribution >= 4 is 33.5 Å². The van der Waals surface area contributed by atoms with Crippen molar-refractivity contribution in [3.8, 4) is 0 Å². The maximum absolute atomic E-state index is 12.2. The smallest absolute Gasteiger partial charge is 0.271 e. The zero-order valence-electron chi connectivity index (χ0n) is 13.2. The first-order valence-corrected chi connectivity index (χ1v) is 8.47. The Balaban J connectivity index is 1.61. The van der Waals surface area contributed by atoms with Crippen LogP contribution in [0.3, 0.4) is 0 Å². The van der Waals surface area contributed by atoms with Gasteiger partial charge in [-0.2, -0.15) is 0 Å². The molecule has 0 bridgehead atoms. The number of fused-ring (bicyclic) bond motifs is 1. The van der Waals surface area contributed by atoms with E-state index < -0.39 is 0 Å². The molecule has 122 valence electrons. The number of nitrogens with one attached hydrogen (secondary N) is 1. The average Bonchev–Trinajstić information content (AvgIpc) is 3.07. The average molecular weight is 339 g/mol. The molecule has 0 aliphatic heterocycles. The summed E-state index contributed by atoms with van der Waals surface area (Å²) in [6.45, 7) is 2.54. The van der Waals surface area contributed by atoms with E-state index in [0.717, 1.165) is 5.56 Å². The number of hydrogen-bond acceptors (Lipinski definition) is 4. The van der Waals surface area contributed by atoms with Crippen LogP contribution < -0.4 is 10.9 Å². The molecule has 24 heavy (non-hydrogen) atoms. The maximum atomic E-state index is 12.2. The van der Waals surface area contributed by atoms with E-state index in [9.17, 15) is 9.59 Å². The third-order valence-electron chi connectivity index (χ3n) is 3.61. The van der Waals surface area contributed by atoms with Gasteiger partial charge in [-0.25, -0.2) is 4.98 Å². The van der Waals surface area contributed by atoms with Gasteiger partial charge < -0.3 is 5.32 Å². The molecule has 0 aliphatic rings. The Morgan fingerprint density at radius 2 is 2.08 bits per heavy atom. The lowest BCUT2D eigenvalue weighted by Crippen LogP contribution is -2.31. The third-order valence-corrected chi connectivity index (χ3v) is 4.51. The van der Waals surface area contributed by atoms with E-state index in [1.165, 1.54) is 22.2 Å². The number of carbonyl (C=O) groups excluding carboxylic acids is 1. The Bertz CT molecular complexity index is 942. The number of rotatable bonds is 5. The minimum atomic E-state index is -0.142. The highest BCUT2D eigenvalue weighted by molar-refractivity contribution is 7.17. The molecule has 2 aromatic heterocycles. The molecule has 6 heteroatoms. The zero-order valence-corrected chi connectivity index (χ0v) is 14.0. The Morgan fingerprint density at radius 1 is 1.29 bits per heavy atom. The molecule has 1 amide bonds. The summed E-state index contributed by atoms with van der Waals surface area (Å²) >= 11 is 1.38. The van der Waals surface area contributed by atoms with Gasteiger partial charge in [0.1, 0.15) is 4.70 Å². The highest BCUT2D eigenvalue weighted by atomic mass is 32.1. The molecular weight excluding hydrogens is 322 g/mol. The minimum Gasteiger partial charge on any atom is -0.351 e. The van der Waals surface area contributed by atoms with E-state index in [0.29, 0.717) is 28.9 Å². The molecule has 2 heterocycles. The Kier molecular flexibility index (Phi) is 4.86. The van der Waals surface area contributed by atoms with Crippen LogP contribution >= 0.6 is 11.3 Å². The fourth-order valence-electron chi connectivity index (χ4n) is 2.33. The number of carbonyl (C=O) groups is 1. The first-order chi connectivity index (χ1) is 11.6. The van der Waals surface area contributed by atoms with Crippen molar-refractivity contribution in [2.24, 2.45) is 0 Å². The standard InChI is InChI=1S/C18H17N3O2S/c1-13(11-14-5-3-2-4-6-14)17(22)19-8-9-21-12-20-15-7-10-24-16(15)18(21)23/h2-7,10-12H,8-9H2,1H3,(H,19,22). The predicted octanol–water partition coefficient (Wildman–Crippen LogP) is 2.68. The van der Waals surface area contributed by atoms with E-state index >= 15 is 0 Å². The van der Waals surface area contributed by atoms with Crippen LogP contribution in [0.25, 0.3) is 16.3 Å². The molecule has 0 aliphatic carbocycles. The van der Waals surface area contributed by atoms with Crippen LogP contribution in [0.5, 0.6) is 0 Å². The third kappa shape index (κ3) is 3.60. The first kappa shape index (κ1) is 16.1. The molecule has 1 aromatic carbocycles. The quantitative estimate of drug-likeness (QED) is 0.727. The first-order valence-electron chi connectivity index (χ1n) is 7.59. The predicted molar refractivity (Wildman–Crippen MR) is 97.0 cm³/mol. The highest BCUT2D eigenvalue weighted by Crippen LogP contribution is 2.13. The molecular formula is C18H17N3O2S. The number of hydrogen-bond donors (Lipinski definition) is 1. The SMILES string of the molecule is CC(=Cc1ccccc1)C(=O)NCCn1cnc2ccsc2c1=O. The van der Waals surface area contributed by atoms with Crippen molar-refractivity contribution in [3.05, 3.63) is 69.6 Å². The summed E-state index contributed by atoms with van der Waals surface area (Å²) in [7, 11) is 0. The van der Waals surface area contributed by atoms with E-state index in [1.807, 2.05) is 47.9 Å². The largest absolute Gasteiger partial charge is 0.351 e. The van der Waals surface area contributed by atoms with Crippen molar-refractivity contribution in [1.82, 2.24) is 14.9 Å². The lowest BCUT2D eigenvalue weighted by atomic mass is 10.1. The van der Waals surface area contributed by atoms with Crippen molar-refractivity contribution in [2.45, 2.75) is 13.5 Å². The van der Waals surface area contributed by atoms with E-state index in [4.69, 9.17) is 0 Å². The minimum absolute atomic E-state index is 0.0687. The molecule has 0 saturated carbocycles. The van der Waals surface area contributed by atoms with Crippen LogP contribution in [-0.4, -0.2) is 22.0 Å². The molecule has 0 fully saturated rings. The molecule has 5 nitrogen and oxygen atoms in total. The van der Waals surface area contributed by atoms with E-state index in [-0.39, 0.29) is 11.5 Å². The van der Waals surface area contributed by atoms with Crippen LogP contribution in [0, 0.1) is 0 Å². The molecule has 3 rings (SSSR count). The summed E-state index contributed by atoms with van der Waals surface area (Å²) in [6, 6.07) is 11.5. The van der Waals surface area contributed by atoms with Gasteiger partial charge >= 0.3 is 0 Å². The number of benzene rings is 1. The lowest BCUT2D eigenvalue weighted by Gasteiger charge is -2.07. The molecule has 1 N–H and O–H groups in total. The van der Waals surface area contributed by atoms with Crippen LogP contribution in [0.2, 0.25) is 0 Å². The monoisotopic (exact) mass is 339 g/mol. The maximum Gasteiger partial charge on any atom is 0.271 e. The molecule has 3 aromatic rings. The second-order valence-electron chi connectivity index (χ2n) is 5.37. The van der Waals surface area contributed by atoms with Crippen molar-refractivity contribution in [1.29, 1.82) is 0 Å². The zero-order chi connectivity index (χ0) is 16.9. The summed E-state index contributed by atoms with van der Waals surface area (Å²) in [6.07, 6.45) is 3.36. The van der Waals surface area contributed by atoms with Gasteiger partial charge in [-0.05, 0) is 30.0 Å². The van der Waals surface area contributed by atoms with Gasteiger partial charge in [-0.1, -0.05) is 30.3 Å². The van der Waals surface area contributed by atoms with Gasteiger partial charge in [-0.15, -0.1) is 11.3 Å². The Morgan fingerprint density at radius 3 is 2.88 bits per heavy atom. The van der Waals surface area contributed by atoms with Crippen LogP contribution in [0.4, 0.5) is 0 Å². The van der Waals surface area contributed by atoms with Gasteiger partial charge in [0.25, 0.3) is 5.56 Å². The van der Waals surface area contributed by atoms with Crippen LogP contribution in [0.1, 0.15) is 12.5 Å². The number of thiophene rings is 1. The van der Waals surface area contributed by atoms with Crippen LogP contribution in [0.15, 0.2) is 58.5 Å². The normalized spacial score (nSPS) is 11.6. The second kappa shape index (κ2) is 7.23. The van der Waals surface area contributed by atoms with Crippen LogP contribution in [-0.2, 0) is 11.3 Å². The summed E-state index contributed by atoms with van der Waals surface area (Å²) in [5.74, 6) is -0.142. The fourth-order valence-corrected chi connectivity index (χ4v) is 3.12. The van der Waals surface area contributed by atoms with Crippen molar-refractivity contribution in [2.75, 3.05) is 6.54 Å². The Labute approximate surface area is 143 Å². The van der Waals surface area contributed by atoms with Gasteiger partial charge in [-0.3, -0.25) is 14.2 Å². The van der Waals surface area contributed by atoms with Gasteiger partial charge in [0, 0.05) is 18.7 Å². The summed E-state index contributed by atoms with van der Waals surface area (Å²) in [4.78, 5) is 28.6. The number of amides is 1. The van der Waals surface area contributed by atoms with Gasteiger partial charge in [0.05, 0.1) is 11.8 Å². The number of nitrogens with zero attached hydrogens (tertiary/aromatic N) is 2. The molecule has 0 spiro atoms. The van der Waals surface area contributed by atoms with Crippen molar-refractivity contribution < 1.29 is 4.79 Å². The second-order valence-corrected chi connectivity index (χ2v) is 6.29. The molecule has 0 unspecified atom stereocenters. The molecule has 0 saturated heterocycles. The highest BCUT2D eigenvalue weighted by Gasteiger charge is 2.07. The van der Waals surface area contributed by atoms with E-state index in [1.54, 1.807) is 6.92 Å². The Hall–Kier alpha value is -2.73. The van der Waals surface area contributed by atoms with Gasteiger partial charge in [0.2, 0.25) is 5.91 Å². The molecule has 0 atom stereocenters. The summed E-state index contributed by atoms with van der Waals surface area (Å²) in [5, 5.41) is 4.68. The van der Waals surface area contributed by atoms with E-state index in [2.05, 4.69) is 10.3 Å². The molecule has 0 radical (unpaired) electrons.